The van der Waals surface area contributed by atoms with E-state index in [-0.39, 0.29) is 0 Å². The van der Waals surface area contributed by atoms with Crippen LogP contribution >= 0.6 is 0 Å². The average molecular weight is 103 g/mol. The van der Waals surface area contributed by atoms with Gasteiger partial charge in [-0.1, -0.05) is 6.08 Å². The highest BCUT2D eigenvalue weighted by Crippen LogP contribution is 1.76. The first-order valence-electron chi connectivity index (χ1n) is 1.82. The standard InChI is InChI=1S/C3H9NOSi/c1-2-3-6(4)5/h2,5-6H,1,3-4H2. The van der Waals surface area contributed by atoms with E-state index in [1.54, 1.807) is 6.08 Å². The Labute approximate surface area is 39.1 Å². The van der Waals surface area contributed by atoms with Gasteiger partial charge in [0.1, 0.15) is 0 Å². The van der Waals surface area contributed by atoms with E-state index in [2.05, 4.69) is 6.58 Å². The molecule has 3 N–H and O–H groups in total. The number of nitrogens with two attached hydrogens (primary N) is 1. The summed E-state index contributed by atoms with van der Waals surface area (Å²) in [6.07, 6.45) is 1.64. The number of allylic oxidation sites excluding steroid dienone is 1. The van der Waals surface area contributed by atoms with E-state index in [9.17, 15) is 0 Å². The van der Waals surface area contributed by atoms with Crippen LogP contribution in [0, 0.1) is 0 Å². The van der Waals surface area contributed by atoms with Gasteiger partial charge in [-0.25, -0.2) is 0 Å². The monoisotopic (exact) mass is 103 g/mol. The van der Waals surface area contributed by atoms with Crippen molar-refractivity contribution in [1.82, 2.24) is 0 Å². The second-order valence-corrected chi connectivity index (χ2v) is 2.70. The molecule has 0 aromatic carbocycles. The summed E-state index contributed by atoms with van der Waals surface area (Å²) in [5.41, 5.74) is 0. The lowest BCUT2D eigenvalue weighted by atomic mass is 10.8. The Morgan fingerprint density at radius 2 is 2.50 bits per heavy atom. The summed E-state index contributed by atoms with van der Waals surface area (Å²) in [5.74, 6) is 0. The molecule has 6 heavy (non-hydrogen) atoms. The molecule has 2 nitrogen and oxygen atoms in total. The summed E-state index contributed by atoms with van der Waals surface area (Å²) in [5, 5.41) is 5.03. The van der Waals surface area contributed by atoms with Gasteiger partial charge in [-0.05, 0) is 6.04 Å². The van der Waals surface area contributed by atoms with E-state index < -0.39 is 9.20 Å². The van der Waals surface area contributed by atoms with E-state index in [4.69, 9.17) is 10.2 Å². The summed E-state index contributed by atoms with van der Waals surface area (Å²) in [6.45, 7) is 3.40. The second-order valence-electron chi connectivity index (χ2n) is 1.09. The van der Waals surface area contributed by atoms with Gasteiger partial charge in [0.2, 0.25) is 9.20 Å². The highest BCUT2D eigenvalue weighted by atomic mass is 28.3. The third-order valence-corrected chi connectivity index (χ3v) is 1.22. The molecule has 0 heterocycles. The van der Waals surface area contributed by atoms with Gasteiger partial charge in [0, 0.05) is 0 Å². The largest absolute Gasteiger partial charge is 0.421 e. The van der Waals surface area contributed by atoms with Crippen molar-refractivity contribution in [3.05, 3.63) is 12.7 Å². The number of rotatable bonds is 2. The first-order chi connectivity index (χ1) is 2.77. The Bertz CT molecular complexity index is 46.1. The maximum Gasteiger partial charge on any atom is 0.250 e. The predicted molar refractivity (Wildman–Crippen MR) is 28.6 cm³/mol. The number of hydrogen-bond donors (Lipinski definition) is 2. The van der Waals surface area contributed by atoms with Crippen molar-refractivity contribution in [3.8, 4) is 0 Å². The van der Waals surface area contributed by atoms with Crippen LogP contribution in [-0.2, 0) is 0 Å². The lowest BCUT2D eigenvalue weighted by Crippen LogP contribution is -2.23. The lowest BCUT2D eigenvalue weighted by molar-refractivity contribution is 0.575. The van der Waals surface area contributed by atoms with Crippen LogP contribution in [0.15, 0.2) is 12.7 Å². The van der Waals surface area contributed by atoms with Crippen molar-refractivity contribution >= 4 is 9.20 Å². The highest BCUT2D eigenvalue weighted by molar-refractivity contribution is 6.46. The van der Waals surface area contributed by atoms with Crippen LogP contribution in [-0.4, -0.2) is 14.0 Å². The Morgan fingerprint density at radius 3 is 2.50 bits per heavy atom. The van der Waals surface area contributed by atoms with E-state index >= 15 is 0 Å². The first-order valence-corrected chi connectivity index (χ1v) is 3.82. The third kappa shape index (κ3) is 3.88. The summed E-state index contributed by atoms with van der Waals surface area (Å²) >= 11 is 0. The minimum Gasteiger partial charge on any atom is -0.421 e. The van der Waals surface area contributed by atoms with Crippen molar-refractivity contribution < 1.29 is 4.80 Å². The molecule has 0 aliphatic heterocycles. The molecule has 1 unspecified atom stereocenters. The zero-order valence-corrected chi connectivity index (χ0v) is 4.75. The Morgan fingerprint density at radius 1 is 2.00 bits per heavy atom. The van der Waals surface area contributed by atoms with Gasteiger partial charge < -0.3 is 10.2 Å². The molecule has 0 aromatic heterocycles. The Balaban J connectivity index is 2.81. The maximum atomic E-state index is 8.40. The van der Waals surface area contributed by atoms with Crippen LogP contribution in [0.3, 0.4) is 0 Å². The lowest BCUT2D eigenvalue weighted by Gasteiger charge is -1.89. The molecule has 1 atom stereocenters. The van der Waals surface area contributed by atoms with Gasteiger partial charge in [0.25, 0.3) is 0 Å². The molecule has 0 saturated heterocycles. The van der Waals surface area contributed by atoms with Crippen molar-refractivity contribution in [2.75, 3.05) is 0 Å². The van der Waals surface area contributed by atoms with E-state index in [0.717, 1.165) is 0 Å². The van der Waals surface area contributed by atoms with Crippen LogP contribution in [0.5, 0.6) is 0 Å². The maximum absolute atomic E-state index is 8.40. The fourth-order valence-corrected chi connectivity index (χ4v) is 0.512. The van der Waals surface area contributed by atoms with Gasteiger partial charge in [-0.3, -0.25) is 0 Å². The van der Waals surface area contributed by atoms with Crippen LogP contribution in [0.25, 0.3) is 0 Å². The minimum absolute atomic E-state index is 0.611. The molecule has 0 spiro atoms. The van der Waals surface area contributed by atoms with Gasteiger partial charge in [0.15, 0.2) is 0 Å². The molecule has 36 valence electrons. The van der Waals surface area contributed by atoms with Gasteiger partial charge in [-0.2, -0.15) is 0 Å². The molecule has 0 aliphatic rings. The normalized spacial score (nSPS) is 13.7. The first kappa shape index (κ1) is 5.88. The average Bonchev–Trinajstić information content (AvgIpc) is 1.35. The zero-order chi connectivity index (χ0) is 4.99. The van der Waals surface area contributed by atoms with Crippen molar-refractivity contribution in [1.29, 1.82) is 0 Å². The summed E-state index contributed by atoms with van der Waals surface area (Å²) in [7, 11) is -1.79. The molecule has 0 fully saturated rings. The number of hydrogen-bond acceptors (Lipinski definition) is 2. The van der Waals surface area contributed by atoms with E-state index in [1.807, 2.05) is 0 Å². The van der Waals surface area contributed by atoms with Crippen molar-refractivity contribution in [2.45, 2.75) is 6.04 Å². The van der Waals surface area contributed by atoms with E-state index in [1.165, 1.54) is 0 Å². The predicted octanol–water partition coefficient (Wildman–Crippen LogP) is -0.656. The molecular weight excluding hydrogens is 94.1 g/mol. The molecule has 0 rings (SSSR count). The smallest absolute Gasteiger partial charge is 0.250 e. The van der Waals surface area contributed by atoms with Gasteiger partial charge >= 0.3 is 0 Å². The molecule has 0 bridgehead atoms. The Hall–Kier alpha value is -0.123. The summed E-state index contributed by atoms with van der Waals surface area (Å²) in [6, 6.07) is 0.611. The summed E-state index contributed by atoms with van der Waals surface area (Å²) in [4.78, 5) is 8.40. The molecule has 0 amide bonds. The van der Waals surface area contributed by atoms with Gasteiger partial charge in [0.05, 0.1) is 0 Å². The van der Waals surface area contributed by atoms with Crippen LogP contribution in [0.2, 0.25) is 6.04 Å². The fraction of sp³-hybridized carbons (Fsp3) is 0.333. The second kappa shape index (κ2) is 3.08. The Kier molecular flexibility index (Phi) is 3.02. The van der Waals surface area contributed by atoms with Crippen LogP contribution in [0.1, 0.15) is 0 Å². The quantitative estimate of drug-likeness (QED) is 0.360. The minimum atomic E-state index is -1.79. The molecular formula is C3H9NOSi. The molecule has 0 aliphatic carbocycles. The van der Waals surface area contributed by atoms with Crippen molar-refractivity contribution in [2.24, 2.45) is 5.40 Å². The SMILES string of the molecule is C=CC[SiH](N)O. The van der Waals surface area contributed by atoms with Gasteiger partial charge in [-0.15, -0.1) is 6.58 Å². The zero-order valence-electron chi connectivity index (χ0n) is 3.59. The van der Waals surface area contributed by atoms with Crippen LogP contribution in [0.4, 0.5) is 0 Å². The summed E-state index contributed by atoms with van der Waals surface area (Å²) < 4.78 is 0. The fourth-order valence-electron chi connectivity index (χ4n) is 0.171. The molecule has 3 heteroatoms. The van der Waals surface area contributed by atoms with Crippen molar-refractivity contribution in [3.63, 3.8) is 0 Å². The third-order valence-electron chi connectivity index (χ3n) is 0.408. The molecule has 0 radical (unpaired) electrons. The topological polar surface area (TPSA) is 46.2 Å². The molecule has 0 aromatic rings. The van der Waals surface area contributed by atoms with E-state index in [0.29, 0.717) is 6.04 Å². The van der Waals surface area contributed by atoms with Crippen LogP contribution < -0.4 is 5.40 Å². The highest BCUT2D eigenvalue weighted by Gasteiger charge is 1.89. The molecule has 0 saturated carbocycles.